The van der Waals surface area contributed by atoms with Crippen LogP contribution in [0.3, 0.4) is 0 Å². The second-order valence-electron chi connectivity index (χ2n) is 7.41. The van der Waals surface area contributed by atoms with Crippen molar-refractivity contribution in [2.75, 3.05) is 5.32 Å². The topological polar surface area (TPSA) is 66.9 Å². The molecule has 2 aliphatic carbocycles. The zero-order valence-corrected chi connectivity index (χ0v) is 15.1. The van der Waals surface area contributed by atoms with Gasteiger partial charge in [-0.1, -0.05) is 56.0 Å². The van der Waals surface area contributed by atoms with E-state index in [0.717, 1.165) is 37.1 Å². The Hall–Kier alpha value is -2.43. The lowest BCUT2D eigenvalue weighted by Crippen LogP contribution is -2.33. The summed E-state index contributed by atoms with van der Waals surface area (Å²) in [5, 5.41) is 6.65. The van der Waals surface area contributed by atoms with Gasteiger partial charge in [-0.15, -0.1) is 0 Å². The minimum atomic E-state index is -0.0917. The van der Waals surface area contributed by atoms with E-state index < -0.39 is 0 Å². The first kappa shape index (κ1) is 17.0. The maximum Gasteiger partial charge on any atom is 0.270 e. The molecule has 2 saturated carbocycles. The predicted molar refractivity (Wildman–Crippen MR) is 103 cm³/mol. The van der Waals surface area contributed by atoms with Crippen molar-refractivity contribution in [3.05, 3.63) is 42.1 Å². The van der Waals surface area contributed by atoms with Gasteiger partial charge < -0.3 is 10.6 Å². The number of hydrogen-bond donors (Lipinski definition) is 2. The van der Waals surface area contributed by atoms with Crippen LogP contribution in [-0.2, 0) is 0 Å². The molecule has 0 radical (unpaired) electrons. The van der Waals surface area contributed by atoms with Crippen molar-refractivity contribution in [3.63, 3.8) is 0 Å². The minimum absolute atomic E-state index is 0.0917. The molecule has 2 N–H and O–H groups in total. The van der Waals surface area contributed by atoms with E-state index in [-0.39, 0.29) is 11.9 Å². The average molecular weight is 350 g/mol. The monoisotopic (exact) mass is 350 g/mol. The fourth-order valence-electron chi connectivity index (χ4n) is 3.96. The summed E-state index contributed by atoms with van der Waals surface area (Å²) in [4.78, 5) is 22.0. The molecule has 1 aromatic carbocycles. The van der Waals surface area contributed by atoms with Gasteiger partial charge in [-0.25, -0.2) is 9.97 Å². The fourth-order valence-corrected chi connectivity index (χ4v) is 3.96. The van der Waals surface area contributed by atoms with Crippen LogP contribution >= 0.6 is 0 Å². The van der Waals surface area contributed by atoms with E-state index in [9.17, 15) is 4.79 Å². The molecule has 5 heteroatoms. The van der Waals surface area contributed by atoms with Crippen LogP contribution in [0, 0.1) is 0 Å². The lowest BCUT2D eigenvalue weighted by molar-refractivity contribution is 0.0933. The van der Waals surface area contributed by atoms with Crippen LogP contribution in [0.15, 0.2) is 36.4 Å². The largest absolute Gasteiger partial charge is 0.367 e. The second kappa shape index (κ2) is 7.85. The van der Waals surface area contributed by atoms with E-state index in [1.807, 2.05) is 30.3 Å². The van der Waals surface area contributed by atoms with Gasteiger partial charge in [-0.05, 0) is 25.7 Å². The van der Waals surface area contributed by atoms with Gasteiger partial charge >= 0.3 is 0 Å². The predicted octanol–water partition coefficient (Wildman–Crippen LogP) is 4.17. The van der Waals surface area contributed by atoms with Crippen molar-refractivity contribution in [2.24, 2.45) is 0 Å². The molecular formula is C21H26N4O. The van der Waals surface area contributed by atoms with Gasteiger partial charge in [0.2, 0.25) is 0 Å². The molecule has 0 bridgehead atoms. The van der Waals surface area contributed by atoms with Crippen molar-refractivity contribution in [1.82, 2.24) is 15.3 Å². The molecule has 0 atom stereocenters. The molecule has 1 amide bonds. The molecule has 26 heavy (non-hydrogen) atoms. The summed E-state index contributed by atoms with van der Waals surface area (Å²) >= 11 is 0. The summed E-state index contributed by atoms with van der Waals surface area (Å²) in [6.45, 7) is 0. The Morgan fingerprint density at radius 2 is 1.54 bits per heavy atom. The third kappa shape index (κ3) is 4.03. The van der Waals surface area contributed by atoms with Crippen LogP contribution in [0.25, 0.3) is 11.4 Å². The van der Waals surface area contributed by atoms with E-state index >= 15 is 0 Å². The number of nitrogens with one attached hydrogen (secondary N) is 2. The molecule has 0 unspecified atom stereocenters. The SMILES string of the molecule is O=C(NC1CCCC1)c1cc(NC2CCCC2)nc(-c2ccccc2)n1. The first-order valence-electron chi connectivity index (χ1n) is 9.80. The van der Waals surface area contributed by atoms with Crippen LogP contribution in [0.2, 0.25) is 0 Å². The normalized spacial score (nSPS) is 18.2. The van der Waals surface area contributed by atoms with Gasteiger partial charge in [-0.3, -0.25) is 4.79 Å². The van der Waals surface area contributed by atoms with Crippen molar-refractivity contribution >= 4 is 11.7 Å². The van der Waals surface area contributed by atoms with Gasteiger partial charge in [0, 0.05) is 23.7 Å². The van der Waals surface area contributed by atoms with Crippen LogP contribution in [0.1, 0.15) is 61.9 Å². The highest BCUT2D eigenvalue weighted by Crippen LogP contribution is 2.24. The summed E-state index contributed by atoms with van der Waals surface area (Å²) in [5.41, 5.74) is 1.38. The molecule has 5 nitrogen and oxygen atoms in total. The molecule has 2 aliphatic rings. The number of carbonyl (C=O) groups excluding carboxylic acids is 1. The number of anilines is 1. The molecule has 0 aliphatic heterocycles. The average Bonchev–Trinajstić information content (AvgIpc) is 3.36. The first-order valence-corrected chi connectivity index (χ1v) is 9.80. The highest BCUT2D eigenvalue weighted by atomic mass is 16.1. The Labute approximate surface area is 154 Å². The summed E-state index contributed by atoms with van der Waals surface area (Å²) in [5.74, 6) is 1.26. The van der Waals surface area contributed by atoms with Crippen LogP contribution < -0.4 is 10.6 Å². The fraction of sp³-hybridized carbons (Fsp3) is 0.476. The molecule has 2 aromatic rings. The molecule has 2 fully saturated rings. The van der Waals surface area contributed by atoms with E-state index in [1.54, 1.807) is 6.07 Å². The van der Waals surface area contributed by atoms with Crippen LogP contribution in [0.4, 0.5) is 5.82 Å². The standard InChI is InChI=1S/C21H26N4O/c26-21(23-17-12-6-7-13-17)18-14-19(22-16-10-4-5-11-16)25-20(24-18)15-8-2-1-3-9-15/h1-3,8-9,14,16-17H,4-7,10-13H2,(H,23,26)(H,22,24,25). The third-order valence-electron chi connectivity index (χ3n) is 5.39. The van der Waals surface area contributed by atoms with E-state index in [2.05, 4.69) is 20.6 Å². The van der Waals surface area contributed by atoms with Gasteiger partial charge in [0.15, 0.2) is 5.82 Å². The van der Waals surface area contributed by atoms with Crippen molar-refractivity contribution in [3.8, 4) is 11.4 Å². The third-order valence-corrected chi connectivity index (χ3v) is 5.39. The lowest BCUT2D eigenvalue weighted by Gasteiger charge is -2.16. The zero-order valence-electron chi connectivity index (χ0n) is 15.1. The lowest BCUT2D eigenvalue weighted by atomic mass is 10.2. The number of amides is 1. The molecule has 0 spiro atoms. The van der Waals surface area contributed by atoms with Gasteiger partial charge in [0.1, 0.15) is 11.5 Å². The van der Waals surface area contributed by atoms with Crippen LogP contribution in [0.5, 0.6) is 0 Å². The first-order chi connectivity index (χ1) is 12.8. The minimum Gasteiger partial charge on any atom is -0.367 e. The Morgan fingerprint density at radius 1 is 0.885 bits per heavy atom. The highest BCUT2D eigenvalue weighted by molar-refractivity contribution is 5.93. The molecule has 1 heterocycles. The van der Waals surface area contributed by atoms with E-state index in [4.69, 9.17) is 0 Å². The quantitative estimate of drug-likeness (QED) is 0.849. The number of nitrogens with zero attached hydrogens (tertiary/aromatic N) is 2. The summed E-state index contributed by atoms with van der Waals surface area (Å²) < 4.78 is 0. The number of rotatable bonds is 5. The molecule has 1 aromatic heterocycles. The summed E-state index contributed by atoms with van der Waals surface area (Å²) in [7, 11) is 0. The zero-order chi connectivity index (χ0) is 17.8. The molecule has 4 rings (SSSR count). The Morgan fingerprint density at radius 3 is 2.23 bits per heavy atom. The van der Waals surface area contributed by atoms with Crippen molar-refractivity contribution < 1.29 is 4.79 Å². The smallest absolute Gasteiger partial charge is 0.270 e. The highest BCUT2D eigenvalue weighted by Gasteiger charge is 2.21. The maximum absolute atomic E-state index is 12.7. The van der Waals surface area contributed by atoms with Gasteiger partial charge in [0.05, 0.1) is 0 Å². The number of aromatic nitrogens is 2. The maximum atomic E-state index is 12.7. The molecular weight excluding hydrogens is 324 g/mol. The summed E-state index contributed by atoms with van der Waals surface area (Å²) in [6.07, 6.45) is 9.34. The van der Waals surface area contributed by atoms with Gasteiger partial charge in [-0.2, -0.15) is 0 Å². The number of hydrogen-bond acceptors (Lipinski definition) is 4. The van der Waals surface area contributed by atoms with Crippen molar-refractivity contribution in [2.45, 2.75) is 63.5 Å². The number of carbonyl (C=O) groups is 1. The summed E-state index contributed by atoms with van der Waals surface area (Å²) in [6, 6.07) is 12.4. The Bertz CT molecular complexity index is 750. The molecule has 0 saturated heterocycles. The molecule has 136 valence electrons. The Balaban J connectivity index is 1.61. The number of benzene rings is 1. The van der Waals surface area contributed by atoms with Gasteiger partial charge in [0.25, 0.3) is 5.91 Å². The van der Waals surface area contributed by atoms with Crippen LogP contribution in [-0.4, -0.2) is 28.0 Å². The van der Waals surface area contributed by atoms with E-state index in [1.165, 1.54) is 25.7 Å². The second-order valence-corrected chi connectivity index (χ2v) is 7.41. The Kier molecular flexibility index (Phi) is 5.14. The van der Waals surface area contributed by atoms with E-state index in [0.29, 0.717) is 17.6 Å². The van der Waals surface area contributed by atoms with Crippen molar-refractivity contribution in [1.29, 1.82) is 0 Å².